The first-order valence-corrected chi connectivity index (χ1v) is 10.0. The van der Waals surface area contributed by atoms with Crippen molar-refractivity contribution >= 4 is 46.3 Å². The van der Waals surface area contributed by atoms with Gasteiger partial charge in [-0.1, -0.05) is 29.3 Å². The molecule has 1 atom stereocenters. The van der Waals surface area contributed by atoms with Crippen LogP contribution in [-0.4, -0.2) is 23.9 Å². The monoisotopic (exact) mass is 457 g/mol. The second-order valence-electron chi connectivity index (χ2n) is 6.96. The van der Waals surface area contributed by atoms with Gasteiger partial charge in [-0.05, 0) is 55.0 Å². The third kappa shape index (κ3) is 3.58. The number of aliphatic hydroxyl groups excluding tert-OH is 1. The molecule has 1 aromatic heterocycles. The van der Waals surface area contributed by atoms with Crippen molar-refractivity contribution in [2.24, 2.45) is 0 Å². The van der Waals surface area contributed by atoms with Gasteiger partial charge in [-0.2, -0.15) is 0 Å². The molecule has 0 bridgehead atoms. The molecule has 0 radical (unpaired) electrons. The maximum atomic E-state index is 13.1. The molecule has 2 heterocycles. The highest BCUT2D eigenvalue weighted by molar-refractivity contribution is 6.52. The number of anilines is 1. The molecule has 1 aliphatic heterocycles. The highest BCUT2D eigenvalue weighted by atomic mass is 35.5. The number of aryl methyl sites for hydroxylation is 1. The highest BCUT2D eigenvalue weighted by Gasteiger charge is 2.49. The molecule has 1 aliphatic rings. The second-order valence-corrected chi connectivity index (χ2v) is 7.83. The summed E-state index contributed by atoms with van der Waals surface area (Å²) in [4.78, 5) is 27.5. The first-order chi connectivity index (χ1) is 14.8. The van der Waals surface area contributed by atoms with Crippen LogP contribution in [0.2, 0.25) is 10.0 Å². The van der Waals surface area contributed by atoms with Gasteiger partial charge >= 0.3 is 0 Å². The van der Waals surface area contributed by atoms with E-state index in [-0.39, 0.29) is 11.1 Å². The third-order valence-electron chi connectivity index (χ3n) is 5.10. The molecule has 0 spiro atoms. The molecule has 8 heteroatoms. The summed E-state index contributed by atoms with van der Waals surface area (Å²) in [7, 11) is 1.43. The number of carbonyl (C=O) groups is 2. The fraction of sp³-hybridized carbons (Fsp3) is 0.130. The number of nitrogens with zero attached hydrogens (tertiary/aromatic N) is 1. The highest BCUT2D eigenvalue weighted by Crippen LogP contribution is 2.44. The number of rotatable bonds is 4. The summed E-state index contributed by atoms with van der Waals surface area (Å²) in [5, 5.41) is 11.9. The number of hydrogen-bond acceptors (Lipinski definition) is 5. The largest absolute Gasteiger partial charge is 0.507 e. The lowest BCUT2D eigenvalue weighted by molar-refractivity contribution is -0.132. The number of aliphatic hydroxyl groups is 1. The smallest absolute Gasteiger partial charge is 0.300 e. The van der Waals surface area contributed by atoms with Gasteiger partial charge in [0, 0.05) is 15.7 Å². The van der Waals surface area contributed by atoms with Crippen molar-refractivity contribution in [3.63, 3.8) is 0 Å². The third-order valence-corrected chi connectivity index (χ3v) is 5.57. The van der Waals surface area contributed by atoms with Gasteiger partial charge in [0.25, 0.3) is 11.7 Å². The average molecular weight is 458 g/mol. The molecule has 3 aromatic rings. The lowest BCUT2D eigenvalue weighted by Gasteiger charge is -2.25. The summed E-state index contributed by atoms with van der Waals surface area (Å²) in [5.74, 6) is -1.48. The molecular formula is C23H17Cl2NO5. The number of hydrogen-bond donors (Lipinski definition) is 1. The molecule has 1 N–H and O–H groups in total. The normalized spacial score (nSPS) is 17.9. The van der Waals surface area contributed by atoms with Crippen LogP contribution in [0.1, 0.15) is 22.9 Å². The van der Waals surface area contributed by atoms with Crippen molar-refractivity contribution in [1.82, 2.24) is 0 Å². The number of halogens is 2. The van der Waals surface area contributed by atoms with E-state index >= 15 is 0 Å². The van der Waals surface area contributed by atoms with Crippen LogP contribution in [-0.2, 0) is 9.59 Å². The summed E-state index contributed by atoms with van der Waals surface area (Å²) in [6.07, 6.45) is 1.43. The van der Waals surface area contributed by atoms with E-state index in [1.54, 1.807) is 49.4 Å². The van der Waals surface area contributed by atoms with E-state index in [1.165, 1.54) is 24.3 Å². The van der Waals surface area contributed by atoms with Crippen LogP contribution in [0.5, 0.6) is 5.75 Å². The van der Waals surface area contributed by atoms with Gasteiger partial charge in [0.15, 0.2) is 0 Å². The SMILES string of the molecule is COc1ccc(Cl)cc1/C(O)=C1/C(=O)C(=O)N(c2cc(Cl)ccc2C)C1c1ccco1. The predicted molar refractivity (Wildman–Crippen MR) is 118 cm³/mol. The average Bonchev–Trinajstić information content (AvgIpc) is 3.36. The number of ether oxygens (including phenoxy) is 1. The summed E-state index contributed by atoms with van der Waals surface area (Å²) < 4.78 is 10.9. The minimum atomic E-state index is -1.00. The fourth-order valence-electron chi connectivity index (χ4n) is 3.65. The van der Waals surface area contributed by atoms with E-state index in [2.05, 4.69) is 0 Å². The molecule has 1 saturated heterocycles. The Hall–Kier alpha value is -3.22. The number of carbonyl (C=O) groups excluding carboxylic acids is 2. The zero-order chi connectivity index (χ0) is 22.3. The zero-order valence-corrected chi connectivity index (χ0v) is 18.1. The Morgan fingerprint density at radius 2 is 1.81 bits per heavy atom. The minimum absolute atomic E-state index is 0.139. The van der Waals surface area contributed by atoms with Gasteiger partial charge in [0.2, 0.25) is 0 Å². The van der Waals surface area contributed by atoms with E-state index in [9.17, 15) is 14.7 Å². The van der Waals surface area contributed by atoms with Crippen LogP contribution >= 0.6 is 23.2 Å². The van der Waals surface area contributed by atoms with Crippen molar-refractivity contribution in [3.05, 3.63) is 87.3 Å². The van der Waals surface area contributed by atoms with Gasteiger partial charge in [0.05, 0.1) is 24.5 Å². The molecule has 2 aromatic carbocycles. The molecular weight excluding hydrogens is 441 g/mol. The van der Waals surface area contributed by atoms with Gasteiger partial charge in [-0.25, -0.2) is 0 Å². The van der Waals surface area contributed by atoms with Gasteiger partial charge < -0.3 is 14.3 Å². The minimum Gasteiger partial charge on any atom is -0.507 e. The maximum absolute atomic E-state index is 13.1. The Bertz CT molecular complexity index is 1220. The van der Waals surface area contributed by atoms with Crippen molar-refractivity contribution in [2.75, 3.05) is 12.0 Å². The summed E-state index contributed by atoms with van der Waals surface area (Å²) in [5.41, 5.74) is 1.21. The lowest BCUT2D eigenvalue weighted by Crippen LogP contribution is -2.30. The Labute approximate surface area is 188 Å². The van der Waals surface area contributed by atoms with Crippen molar-refractivity contribution < 1.29 is 23.8 Å². The van der Waals surface area contributed by atoms with Gasteiger partial charge in [-0.15, -0.1) is 0 Å². The first kappa shape index (κ1) is 21.0. The van der Waals surface area contributed by atoms with Crippen molar-refractivity contribution in [3.8, 4) is 5.75 Å². The zero-order valence-electron chi connectivity index (χ0n) is 16.6. The van der Waals surface area contributed by atoms with E-state index in [4.69, 9.17) is 32.4 Å². The molecule has 6 nitrogen and oxygen atoms in total. The first-order valence-electron chi connectivity index (χ1n) is 9.28. The predicted octanol–water partition coefficient (Wildman–Crippen LogP) is 5.53. The van der Waals surface area contributed by atoms with E-state index < -0.39 is 23.5 Å². The van der Waals surface area contributed by atoms with E-state index in [0.717, 1.165) is 5.56 Å². The Balaban J connectivity index is 1.99. The number of benzene rings is 2. The number of ketones is 1. The molecule has 4 rings (SSSR count). The van der Waals surface area contributed by atoms with Crippen LogP contribution in [0, 0.1) is 6.92 Å². The lowest BCUT2D eigenvalue weighted by atomic mass is 9.98. The molecule has 1 fully saturated rings. The fourth-order valence-corrected chi connectivity index (χ4v) is 3.99. The van der Waals surface area contributed by atoms with Crippen LogP contribution in [0.4, 0.5) is 5.69 Å². The van der Waals surface area contributed by atoms with Crippen LogP contribution in [0.3, 0.4) is 0 Å². The summed E-state index contributed by atoms with van der Waals surface area (Å²) >= 11 is 12.3. The summed E-state index contributed by atoms with van der Waals surface area (Å²) in [6, 6.07) is 11.9. The molecule has 1 unspecified atom stereocenters. The topological polar surface area (TPSA) is 80.0 Å². The van der Waals surface area contributed by atoms with Gasteiger partial charge in [0.1, 0.15) is 23.3 Å². The van der Waals surface area contributed by atoms with E-state index in [1.807, 2.05) is 0 Å². The standard InChI is InChI=1S/C23H17Cl2NO5/c1-12-5-6-14(25)11-16(12)26-20(18-4-3-9-31-18)19(22(28)23(26)29)21(27)15-10-13(24)7-8-17(15)30-2/h3-11,20,27H,1-2H3/b21-19-. The Morgan fingerprint density at radius 1 is 1.10 bits per heavy atom. The molecule has 0 saturated carbocycles. The maximum Gasteiger partial charge on any atom is 0.300 e. The van der Waals surface area contributed by atoms with Gasteiger partial charge in [-0.3, -0.25) is 14.5 Å². The van der Waals surface area contributed by atoms with Crippen molar-refractivity contribution in [2.45, 2.75) is 13.0 Å². The molecule has 0 aliphatic carbocycles. The summed E-state index contributed by atoms with van der Waals surface area (Å²) in [6.45, 7) is 1.80. The quantitative estimate of drug-likeness (QED) is 0.316. The number of amides is 1. The van der Waals surface area contributed by atoms with Crippen LogP contribution in [0.15, 0.2) is 64.8 Å². The van der Waals surface area contributed by atoms with Crippen LogP contribution in [0.25, 0.3) is 5.76 Å². The molecule has 31 heavy (non-hydrogen) atoms. The second kappa shape index (κ2) is 8.13. The van der Waals surface area contributed by atoms with Crippen LogP contribution < -0.4 is 9.64 Å². The number of Topliss-reactive ketones (excluding diaryl/α,β-unsaturated/α-hetero) is 1. The Kier molecular flexibility index (Phi) is 5.52. The van der Waals surface area contributed by atoms with E-state index in [0.29, 0.717) is 27.2 Å². The number of methoxy groups -OCH3 is 1. The van der Waals surface area contributed by atoms with Crippen molar-refractivity contribution in [1.29, 1.82) is 0 Å². The number of furan rings is 1. The Morgan fingerprint density at radius 3 is 2.48 bits per heavy atom. The molecule has 158 valence electrons. The molecule has 1 amide bonds.